The number of aromatic nitrogens is 1. The maximum absolute atomic E-state index is 9.39. The third-order valence-corrected chi connectivity index (χ3v) is 3.43. The molecule has 2 nitrogen and oxygen atoms in total. The fourth-order valence-electron chi connectivity index (χ4n) is 2.44. The van der Waals surface area contributed by atoms with Crippen molar-refractivity contribution in [2.24, 2.45) is 7.05 Å². The van der Waals surface area contributed by atoms with E-state index in [1.54, 1.807) is 0 Å². The molecule has 0 saturated carbocycles. The molecule has 1 heterocycles. The molecule has 0 unspecified atom stereocenters. The van der Waals surface area contributed by atoms with Gasteiger partial charge in [0, 0.05) is 29.7 Å². The number of rotatable bonds is 2. The SMILES string of the molecule is Cn1cc(/C=C(\C#N)c2ccccc2)c2ccccc21. The van der Waals surface area contributed by atoms with E-state index in [4.69, 9.17) is 0 Å². The first-order chi connectivity index (χ1) is 9.79. The second kappa shape index (κ2) is 5.07. The minimum Gasteiger partial charge on any atom is -0.350 e. The van der Waals surface area contributed by atoms with E-state index in [9.17, 15) is 5.26 Å². The van der Waals surface area contributed by atoms with Crippen LogP contribution in [0.1, 0.15) is 11.1 Å². The molecule has 0 N–H and O–H groups in total. The van der Waals surface area contributed by atoms with Crippen molar-refractivity contribution in [3.05, 3.63) is 71.9 Å². The normalized spacial score (nSPS) is 11.5. The van der Waals surface area contributed by atoms with Crippen LogP contribution < -0.4 is 0 Å². The molecule has 0 aliphatic carbocycles. The summed E-state index contributed by atoms with van der Waals surface area (Å²) in [5.74, 6) is 0. The first kappa shape index (κ1) is 12.3. The average molecular weight is 258 g/mol. The summed E-state index contributed by atoms with van der Waals surface area (Å²) in [6.45, 7) is 0. The Morgan fingerprint density at radius 1 is 1.05 bits per heavy atom. The van der Waals surface area contributed by atoms with Gasteiger partial charge >= 0.3 is 0 Å². The Hall–Kier alpha value is -2.79. The number of nitrogens with zero attached hydrogens (tertiary/aromatic N) is 2. The Labute approximate surface area is 118 Å². The molecule has 1 aromatic heterocycles. The van der Waals surface area contributed by atoms with Crippen molar-refractivity contribution >= 4 is 22.6 Å². The lowest BCUT2D eigenvalue weighted by molar-refractivity contribution is 0.968. The second-order valence-corrected chi connectivity index (χ2v) is 4.75. The molecule has 0 amide bonds. The summed E-state index contributed by atoms with van der Waals surface area (Å²) in [5.41, 5.74) is 3.87. The van der Waals surface area contributed by atoms with E-state index in [-0.39, 0.29) is 0 Å². The molecule has 2 heteroatoms. The molecular weight excluding hydrogens is 244 g/mol. The van der Waals surface area contributed by atoms with Crippen LogP contribution in [0.15, 0.2) is 60.8 Å². The zero-order valence-corrected chi connectivity index (χ0v) is 11.2. The molecule has 0 aliphatic rings. The van der Waals surface area contributed by atoms with Crippen molar-refractivity contribution in [3.8, 4) is 6.07 Å². The van der Waals surface area contributed by atoms with E-state index < -0.39 is 0 Å². The van der Waals surface area contributed by atoms with Crippen LogP contribution in [0.5, 0.6) is 0 Å². The number of allylic oxidation sites excluding steroid dienone is 1. The largest absolute Gasteiger partial charge is 0.350 e. The third-order valence-electron chi connectivity index (χ3n) is 3.43. The van der Waals surface area contributed by atoms with E-state index in [1.165, 1.54) is 10.9 Å². The van der Waals surface area contributed by atoms with Crippen LogP contribution >= 0.6 is 0 Å². The predicted octanol–water partition coefficient (Wildman–Crippen LogP) is 4.24. The fourth-order valence-corrected chi connectivity index (χ4v) is 2.44. The molecule has 3 rings (SSSR count). The monoisotopic (exact) mass is 258 g/mol. The van der Waals surface area contributed by atoms with Gasteiger partial charge in [0.1, 0.15) is 0 Å². The lowest BCUT2D eigenvalue weighted by Gasteiger charge is -1.98. The zero-order chi connectivity index (χ0) is 13.9. The minimum atomic E-state index is 0.682. The highest BCUT2D eigenvalue weighted by atomic mass is 14.9. The van der Waals surface area contributed by atoms with Gasteiger partial charge in [-0.15, -0.1) is 0 Å². The summed E-state index contributed by atoms with van der Waals surface area (Å²) in [6, 6.07) is 20.3. The molecule has 3 aromatic rings. The van der Waals surface area contributed by atoms with Gasteiger partial charge in [0.2, 0.25) is 0 Å². The summed E-state index contributed by atoms with van der Waals surface area (Å²) < 4.78 is 2.08. The molecular formula is C18H14N2. The minimum absolute atomic E-state index is 0.682. The van der Waals surface area contributed by atoms with Crippen molar-refractivity contribution < 1.29 is 0 Å². The number of aryl methyl sites for hydroxylation is 1. The van der Waals surface area contributed by atoms with Crippen LogP contribution in [-0.4, -0.2) is 4.57 Å². The van der Waals surface area contributed by atoms with Gasteiger partial charge in [-0.05, 0) is 17.7 Å². The third kappa shape index (κ3) is 2.10. The predicted molar refractivity (Wildman–Crippen MR) is 82.8 cm³/mol. The number of hydrogen-bond acceptors (Lipinski definition) is 1. The van der Waals surface area contributed by atoms with Gasteiger partial charge in [0.05, 0.1) is 11.6 Å². The van der Waals surface area contributed by atoms with Crippen molar-refractivity contribution in [1.82, 2.24) is 4.57 Å². The Morgan fingerprint density at radius 3 is 2.50 bits per heavy atom. The van der Waals surface area contributed by atoms with E-state index in [0.29, 0.717) is 5.57 Å². The van der Waals surface area contributed by atoms with Gasteiger partial charge in [-0.1, -0.05) is 48.5 Å². The molecule has 2 aromatic carbocycles. The molecule has 0 fully saturated rings. The highest BCUT2D eigenvalue weighted by molar-refractivity contribution is 5.98. The van der Waals surface area contributed by atoms with E-state index in [2.05, 4.69) is 29.0 Å². The fraction of sp³-hybridized carbons (Fsp3) is 0.0556. The molecule has 0 spiro atoms. The standard InChI is InChI=1S/C18H14N2/c1-20-13-16(17-9-5-6-10-18(17)20)11-15(12-19)14-7-3-2-4-8-14/h2-11,13H,1H3/b15-11+. The number of hydrogen-bond donors (Lipinski definition) is 0. The highest BCUT2D eigenvalue weighted by Gasteiger charge is 2.06. The van der Waals surface area contributed by atoms with Gasteiger partial charge in [0.25, 0.3) is 0 Å². The molecule has 0 atom stereocenters. The number of fused-ring (bicyclic) bond motifs is 1. The summed E-state index contributed by atoms with van der Waals surface area (Å²) in [4.78, 5) is 0. The number of nitriles is 1. The van der Waals surface area contributed by atoms with Gasteiger partial charge in [-0.25, -0.2) is 0 Å². The molecule has 20 heavy (non-hydrogen) atoms. The van der Waals surface area contributed by atoms with Gasteiger partial charge < -0.3 is 4.57 Å². The van der Waals surface area contributed by atoms with Crippen molar-refractivity contribution in [1.29, 1.82) is 5.26 Å². The van der Waals surface area contributed by atoms with Crippen LogP contribution in [0, 0.1) is 11.3 Å². The quantitative estimate of drug-likeness (QED) is 0.632. The molecule has 96 valence electrons. The summed E-state index contributed by atoms with van der Waals surface area (Å²) >= 11 is 0. The van der Waals surface area contributed by atoms with Crippen molar-refractivity contribution in [2.75, 3.05) is 0 Å². The summed E-state index contributed by atoms with van der Waals surface area (Å²) in [5, 5.41) is 10.6. The highest BCUT2D eigenvalue weighted by Crippen LogP contribution is 2.25. The Morgan fingerprint density at radius 2 is 1.75 bits per heavy atom. The van der Waals surface area contributed by atoms with Gasteiger partial charge in [-0.3, -0.25) is 0 Å². The summed E-state index contributed by atoms with van der Waals surface area (Å²) in [7, 11) is 2.02. The average Bonchev–Trinajstić information content (AvgIpc) is 2.82. The molecule has 0 saturated heterocycles. The molecule has 0 radical (unpaired) electrons. The number of benzene rings is 2. The van der Waals surface area contributed by atoms with E-state index >= 15 is 0 Å². The van der Waals surface area contributed by atoms with Crippen LogP contribution in [0.2, 0.25) is 0 Å². The number of para-hydroxylation sites is 1. The topological polar surface area (TPSA) is 28.7 Å². The zero-order valence-electron chi connectivity index (χ0n) is 11.2. The maximum atomic E-state index is 9.39. The first-order valence-corrected chi connectivity index (χ1v) is 6.51. The first-order valence-electron chi connectivity index (χ1n) is 6.51. The lowest BCUT2D eigenvalue weighted by Crippen LogP contribution is -1.82. The van der Waals surface area contributed by atoms with E-state index in [0.717, 1.165) is 11.1 Å². The van der Waals surface area contributed by atoms with Crippen LogP contribution in [-0.2, 0) is 7.05 Å². The Kier molecular flexibility index (Phi) is 3.10. The lowest BCUT2D eigenvalue weighted by atomic mass is 10.0. The van der Waals surface area contributed by atoms with Crippen LogP contribution in [0.3, 0.4) is 0 Å². The van der Waals surface area contributed by atoms with Crippen LogP contribution in [0.25, 0.3) is 22.6 Å². The van der Waals surface area contributed by atoms with Gasteiger partial charge in [-0.2, -0.15) is 5.26 Å². The summed E-state index contributed by atoms with van der Waals surface area (Å²) in [6.07, 6.45) is 4.02. The van der Waals surface area contributed by atoms with Gasteiger partial charge in [0.15, 0.2) is 0 Å². The van der Waals surface area contributed by atoms with Crippen LogP contribution in [0.4, 0.5) is 0 Å². The van der Waals surface area contributed by atoms with E-state index in [1.807, 2.05) is 55.6 Å². The maximum Gasteiger partial charge on any atom is 0.0998 e. The molecule has 0 aliphatic heterocycles. The smallest absolute Gasteiger partial charge is 0.0998 e. The second-order valence-electron chi connectivity index (χ2n) is 4.75. The Bertz CT molecular complexity index is 817. The van der Waals surface area contributed by atoms with Crippen molar-refractivity contribution in [3.63, 3.8) is 0 Å². The van der Waals surface area contributed by atoms with Crippen molar-refractivity contribution in [2.45, 2.75) is 0 Å². The molecule has 0 bridgehead atoms. The Balaban J connectivity index is 2.16.